The summed E-state index contributed by atoms with van der Waals surface area (Å²) >= 11 is 0. The minimum Gasteiger partial charge on any atom is -0.254 e. The Morgan fingerprint density at radius 3 is 1.74 bits per heavy atom. The monoisotopic (exact) mass is 292 g/mol. The molecule has 100 valence electrons. The van der Waals surface area contributed by atoms with Gasteiger partial charge in [0, 0.05) is 21.3 Å². The smallest absolute Gasteiger partial charge is 0.0538 e. The van der Waals surface area contributed by atoms with E-state index in [9.17, 15) is 8.42 Å². The molecule has 0 saturated heterocycles. The molecule has 2 nitrogen and oxygen atoms in total. The van der Waals surface area contributed by atoms with Crippen LogP contribution < -0.4 is 0 Å². The van der Waals surface area contributed by atoms with Gasteiger partial charge in [0.15, 0.2) is 0 Å². The summed E-state index contributed by atoms with van der Waals surface area (Å²) in [6, 6.07) is 16.9. The quantitative estimate of drug-likeness (QED) is 0.849. The van der Waals surface area contributed by atoms with Crippen molar-refractivity contribution in [3.8, 4) is 0 Å². The van der Waals surface area contributed by atoms with Crippen molar-refractivity contribution in [1.29, 1.82) is 0 Å². The normalized spacial score (nSPS) is 13.9. The molecule has 0 heterocycles. The lowest BCUT2D eigenvalue weighted by Gasteiger charge is -2.04. The van der Waals surface area contributed by atoms with Crippen molar-refractivity contribution in [3.05, 3.63) is 60.2 Å². The number of hydrogen-bond donors (Lipinski definition) is 0. The van der Waals surface area contributed by atoms with Crippen LogP contribution in [0.4, 0.5) is 0 Å². The standard InChI is InChI=1S/C15H16O2S2/c1-13-7-9-15(10-8-13)19(17)12-11-18(16)14-5-3-2-4-6-14/h2-10H,11-12H2,1H3/t18-,19-/m1/s1. The molecule has 0 bridgehead atoms. The first-order valence-electron chi connectivity index (χ1n) is 6.05. The summed E-state index contributed by atoms with van der Waals surface area (Å²) in [5.74, 6) is 0.842. The second-order valence-corrected chi connectivity index (χ2v) is 7.37. The predicted octanol–water partition coefficient (Wildman–Crippen LogP) is 2.91. The lowest BCUT2D eigenvalue weighted by Crippen LogP contribution is -2.08. The van der Waals surface area contributed by atoms with Gasteiger partial charge in [-0.15, -0.1) is 0 Å². The van der Waals surface area contributed by atoms with E-state index >= 15 is 0 Å². The zero-order valence-corrected chi connectivity index (χ0v) is 12.4. The van der Waals surface area contributed by atoms with E-state index in [1.807, 2.05) is 61.5 Å². The lowest BCUT2D eigenvalue weighted by molar-refractivity contribution is 0.678. The van der Waals surface area contributed by atoms with Gasteiger partial charge in [-0.05, 0) is 31.2 Å². The van der Waals surface area contributed by atoms with Crippen LogP contribution in [0, 0.1) is 6.92 Å². The molecule has 0 saturated carbocycles. The van der Waals surface area contributed by atoms with Crippen LogP contribution in [0.25, 0.3) is 0 Å². The summed E-state index contributed by atoms with van der Waals surface area (Å²) in [6.45, 7) is 2.00. The zero-order chi connectivity index (χ0) is 13.7. The van der Waals surface area contributed by atoms with Crippen molar-refractivity contribution >= 4 is 21.6 Å². The van der Waals surface area contributed by atoms with Crippen molar-refractivity contribution in [2.45, 2.75) is 16.7 Å². The fourth-order valence-corrected chi connectivity index (χ4v) is 4.23. The maximum atomic E-state index is 12.1. The number of rotatable bonds is 5. The van der Waals surface area contributed by atoms with E-state index in [1.54, 1.807) is 0 Å². The van der Waals surface area contributed by atoms with Crippen LogP contribution in [0.1, 0.15) is 5.56 Å². The molecular weight excluding hydrogens is 276 g/mol. The van der Waals surface area contributed by atoms with E-state index < -0.39 is 21.6 Å². The van der Waals surface area contributed by atoms with Crippen LogP contribution in [-0.4, -0.2) is 19.9 Å². The highest BCUT2D eigenvalue weighted by Gasteiger charge is 2.08. The van der Waals surface area contributed by atoms with Crippen molar-refractivity contribution < 1.29 is 8.42 Å². The van der Waals surface area contributed by atoms with Gasteiger partial charge in [0.2, 0.25) is 0 Å². The Kier molecular flexibility index (Phi) is 5.05. The second-order valence-electron chi connectivity index (χ2n) is 4.23. The van der Waals surface area contributed by atoms with Crippen molar-refractivity contribution in [2.24, 2.45) is 0 Å². The Hall–Kier alpha value is -1.26. The molecule has 0 aromatic heterocycles. The van der Waals surface area contributed by atoms with Crippen LogP contribution >= 0.6 is 0 Å². The predicted molar refractivity (Wildman–Crippen MR) is 80.2 cm³/mol. The van der Waals surface area contributed by atoms with E-state index in [0.29, 0.717) is 11.5 Å². The molecule has 2 atom stereocenters. The summed E-state index contributed by atoms with van der Waals surface area (Å²) in [5, 5.41) is 0. The maximum absolute atomic E-state index is 12.1. The van der Waals surface area contributed by atoms with Crippen molar-refractivity contribution in [3.63, 3.8) is 0 Å². The third-order valence-corrected chi connectivity index (χ3v) is 5.75. The third-order valence-electron chi connectivity index (χ3n) is 2.74. The average Bonchev–Trinajstić information content (AvgIpc) is 2.46. The van der Waals surface area contributed by atoms with E-state index in [0.717, 1.165) is 15.4 Å². The van der Waals surface area contributed by atoms with Gasteiger partial charge >= 0.3 is 0 Å². The lowest BCUT2D eigenvalue weighted by atomic mass is 10.2. The van der Waals surface area contributed by atoms with Gasteiger partial charge in [-0.1, -0.05) is 35.9 Å². The summed E-state index contributed by atoms with van der Waals surface area (Å²) in [4.78, 5) is 1.60. The van der Waals surface area contributed by atoms with Crippen molar-refractivity contribution in [2.75, 3.05) is 11.5 Å². The number of aryl methyl sites for hydroxylation is 1. The fourth-order valence-electron chi connectivity index (χ4n) is 1.65. The maximum Gasteiger partial charge on any atom is 0.0538 e. The summed E-state index contributed by atoms with van der Waals surface area (Å²) < 4.78 is 24.1. The molecule has 0 aliphatic heterocycles. The molecule has 0 unspecified atom stereocenters. The first kappa shape index (κ1) is 14.2. The molecule has 0 spiro atoms. The summed E-state index contributed by atoms with van der Waals surface area (Å²) in [5.41, 5.74) is 1.15. The first-order valence-corrected chi connectivity index (χ1v) is 8.69. The summed E-state index contributed by atoms with van der Waals surface area (Å²) in [7, 11) is -2.15. The number of hydrogen-bond acceptors (Lipinski definition) is 2. The molecule has 0 aliphatic carbocycles. The van der Waals surface area contributed by atoms with Crippen molar-refractivity contribution in [1.82, 2.24) is 0 Å². The van der Waals surface area contributed by atoms with Gasteiger partial charge in [-0.3, -0.25) is 8.42 Å². The van der Waals surface area contributed by atoms with Gasteiger partial charge in [0.05, 0.1) is 21.6 Å². The van der Waals surface area contributed by atoms with Crippen LogP contribution in [0.5, 0.6) is 0 Å². The molecule has 0 fully saturated rings. The highest BCUT2D eigenvalue weighted by atomic mass is 32.2. The van der Waals surface area contributed by atoms with Crippen LogP contribution in [0.2, 0.25) is 0 Å². The van der Waals surface area contributed by atoms with Gasteiger partial charge in [-0.2, -0.15) is 0 Å². The molecule has 0 N–H and O–H groups in total. The molecule has 2 rings (SSSR count). The van der Waals surface area contributed by atoms with Crippen LogP contribution in [-0.2, 0) is 21.6 Å². The molecule has 0 radical (unpaired) electrons. The average molecular weight is 292 g/mol. The molecule has 0 aliphatic rings. The van der Waals surface area contributed by atoms with E-state index in [2.05, 4.69) is 0 Å². The topological polar surface area (TPSA) is 34.1 Å². The fraction of sp³-hybridized carbons (Fsp3) is 0.200. The minimum atomic E-state index is -1.08. The van der Waals surface area contributed by atoms with Gasteiger partial charge < -0.3 is 0 Å². The molecule has 19 heavy (non-hydrogen) atoms. The SMILES string of the molecule is Cc1ccc([S@](=O)CC[S@@](=O)c2ccccc2)cc1. The highest BCUT2D eigenvalue weighted by Crippen LogP contribution is 2.10. The Bertz CT molecular complexity index is 577. The minimum absolute atomic E-state index is 0.421. The van der Waals surface area contributed by atoms with Gasteiger partial charge in [-0.25, -0.2) is 0 Å². The zero-order valence-electron chi connectivity index (χ0n) is 10.7. The molecule has 0 amide bonds. The van der Waals surface area contributed by atoms with Gasteiger partial charge in [0.25, 0.3) is 0 Å². The summed E-state index contributed by atoms with van der Waals surface area (Å²) in [6.07, 6.45) is 0. The Labute approximate surface area is 118 Å². The van der Waals surface area contributed by atoms with Crippen LogP contribution in [0.15, 0.2) is 64.4 Å². The van der Waals surface area contributed by atoms with E-state index in [4.69, 9.17) is 0 Å². The Balaban J connectivity index is 1.94. The number of benzene rings is 2. The van der Waals surface area contributed by atoms with E-state index in [1.165, 1.54) is 0 Å². The molecule has 4 heteroatoms. The first-order chi connectivity index (χ1) is 9.16. The Morgan fingerprint density at radius 2 is 1.21 bits per heavy atom. The Morgan fingerprint density at radius 1 is 0.737 bits per heavy atom. The van der Waals surface area contributed by atoms with Crippen LogP contribution in [0.3, 0.4) is 0 Å². The molecule has 2 aromatic carbocycles. The highest BCUT2D eigenvalue weighted by molar-refractivity contribution is 7.88. The molecular formula is C15H16O2S2. The molecule has 2 aromatic rings. The van der Waals surface area contributed by atoms with E-state index in [-0.39, 0.29) is 0 Å². The largest absolute Gasteiger partial charge is 0.254 e. The van der Waals surface area contributed by atoms with Gasteiger partial charge in [0.1, 0.15) is 0 Å². The second kappa shape index (κ2) is 6.78. The third kappa shape index (κ3) is 4.11.